The highest BCUT2D eigenvalue weighted by Gasteiger charge is 2.24. The fourth-order valence-electron chi connectivity index (χ4n) is 3.53. The van der Waals surface area contributed by atoms with Crippen LogP contribution in [0.25, 0.3) is 10.9 Å². The molecular weight excluding hydrogens is 268 g/mol. The Bertz CT molecular complexity index is 801. The maximum Gasteiger partial charge on any atom is 0.0644 e. The first-order valence-electron chi connectivity index (χ1n) is 7.83. The first-order valence-corrected chi connectivity index (χ1v) is 7.83. The Labute approximate surface area is 131 Å². The highest BCUT2D eigenvalue weighted by atomic mass is 15.2. The molecule has 0 bridgehead atoms. The summed E-state index contributed by atoms with van der Waals surface area (Å²) in [6.07, 6.45) is 2.08. The molecule has 0 N–H and O–H groups in total. The van der Waals surface area contributed by atoms with E-state index in [2.05, 4.69) is 82.8 Å². The van der Waals surface area contributed by atoms with E-state index < -0.39 is 0 Å². The van der Waals surface area contributed by atoms with Gasteiger partial charge in [-0.2, -0.15) is 0 Å². The van der Waals surface area contributed by atoms with Crippen molar-refractivity contribution in [1.82, 2.24) is 9.47 Å². The van der Waals surface area contributed by atoms with Gasteiger partial charge in [0.25, 0.3) is 0 Å². The lowest BCUT2D eigenvalue weighted by atomic mass is 10.1. The van der Waals surface area contributed by atoms with Crippen LogP contribution < -0.4 is 0 Å². The number of hydrogen-bond acceptors (Lipinski definition) is 1. The third kappa shape index (κ3) is 2.26. The third-order valence-electron chi connectivity index (χ3n) is 4.51. The molecule has 2 aromatic carbocycles. The molecule has 4 rings (SSSR count). The molecule has 1 aliphatic rings. The maximum atomic E-state index is 4.06. The summed E-state index contributed by atoms with van der Waals surface area (Å²) in [5, 5.41) is 1.32. The van der Waals surface area contributed by atoms with Crippen LogP contribution in [-0.2, 0) is 13.1 Å². The number of benzene rings is 2. The standard InChI is InChI=1S/C20H20N2/c1-2-18-14-21(13-16-8-4-3-5-9-16)15-19-12-17-10-6-7-11-20(17)22(18)19/h2-12,18H,1,13-15H2. The zero-order chi connectivity index (χ0) is 14.9. The van der Waals surface area contributed by atoms with E-state index in [1.165, 1.54) is 22.2 Å². The molecule has 3 aromatic rings. The Morgan fingerprint density at radius 3 is 2.64 bits per heavy atom. The fourth-order valence-corrected chi connectivity index (χ4v) is 3.53. The van der Waals surface area contributed by atoms with Crippen LogP contribution in [0.4, 0.5) is 0 Å². The van der Waals surface area contributed by atoms with Crippen molar-refractivity contribution < 1.29 is 0 Å². The molecule has 2 nitrogen and oxygen atoms in total. The molecule has 0 amide bonds. The van der Waals surface area contributed by atoms with Gasteiger partial charge in [0.1, 0.15) is 0 Å². The van der Waals surface area contributed by atoms with Gasteiger partial charge < -0.3 is 4.57 Å². The zero-order valence-electron chi connectivity index (χ0n) is 12.7. The van der Waals surface area contributed by atoms with Gasteiger partial charge >= 0.3 is 0 Å². The largest absolute Gasteiger partial charge is 0.335 e. The lowest BCUT2D eigenvalue weighted by Gasteiger charge is -2.34. The van der Waals surface area contributed by atoms with E-state index >= 15 is 0 Å². The minimum absolute atomic E-state index is 0.340. The van der Waals surface area contributed by atoms with E-state index in [-0.39, 0.29) is 0 Å². The van der Waals surface area contributed by atoms with Gasteiger partial charge in [-0.3, -0.25) is 4.90 Å². The van der Waals surface area contributed by atoms with Crippen LogP contribution >= 0.6 is 0 Å². The Hall–Kier alpha value is -2.32. The van der Waals surface area contributed by atoms with E-state index in [1.54, 1.807) is 0 Å². The number of para-hydroxylation sites is 1. The molecule has 1 unspecified atom stereocenters. The molecule has 1 aliphatic heterocycles. The summed E-state index contributed by atoms with van der Waals surface area (Å²) < 4.78 is 2.45. The van der Waals surface area contributed by atoms with Crippen molar-refractivity contribution in [2.75, 3.05) is 6.54 Å². The summed E-state index contributed by atoms with van der Waals surface area (Å²) in [5.74, 6) is 0. The van der Waals surface area contributed by atoms with Crippen LogP contribution in [0.1, 0.15) is 17.3 Å². The number of rotatable bonds is 3. The summed E-state index contributed by atoms with van der Waals surface area (Å²) in [6.45, 7) is 7.07. The Morgan fingerprint density at radius 1 is 1.05 bits per heavy atom. The van der Waals surface area contributed by atoms with Gasteiger partial charge in [-0.15, -0.1) is 6.58 Å². The molecular formula is C20H20N2. The highest BCUT2D eigenvalue weighted by molar-refractivity contribution is 5.81. The number of nitrogens with zero attached hydrogens (tertiary/aromatic N) is 2. The number of aromatic nitrogens is 1. The third-order valence-corrected chi connectivity index (χ3v) is 4.51. The SMILES string of the molecule is C=CC1CN(Cc2ccccc2)Cc2cc3ccccc3n21. The van der Waals surface area contributed by atoms with Gasteiger partial charge in [0.05, 0.1) is 6.04 Å². The molecule has 110 valence electrons. The minimum Gasteiger partial charge on any atom is -0.335 e. The Morgan fingerprint density at radius 2 is 1.82 bits per heavy atom. The molecule has 1 aromatic heterocycles. The average molecular weight is 288 g/mol. The van der Waals surface area contributed by atoms with Crippen molar-refractivity contribution in [3.63, 3.8) is 0 Å². The van der Waals surface area contributed by atoms with Crippen molar-refractivity contribution >= 4 is 10.9 Å². The summed E-state index contributed by atoms with van der Waals surface area (Å²) >= 11 is 0. The maximum absolute atomic E-state index is 4.06. The molecule has 2 heteroatoms. The van der Waals surface area contributed by atoms with Crippen LogP contribution in [0, 0.1) is 0 Å². The van der Waals surface area contributed by atoms with Gasteiger partial charge in [-0.05, 0) is 23.1 Å². The first-order chi connectivity index (χ1) is 10.8. The lowest BCUT2D eigenvalue weighted by molar-refractivity contribution is 0.198. The van der Waals surface area contributed by atoms with Gasteiger partial charge in [0, 0.05) is 30.8 Å². The van der Waals surface area contributed by atoms with Crippen LogP contribution in [-0.4, -0.2) is 16.0 Å². The van der Waals surface area contributed by atoms with Crippen LogP contribution in [0.2, 0.25) is 0 Å². The molecule has 0 aliphatic carbocycles. The summed E-state index contributed by atoms with van der Waals surface area (Å²) in [4.78, 5) is 2.51. The van der Waals surface area contributed by atoms with E-state index in [9.17, 15) is 0 Å². The van der Waals surface area contributed by atoms with E-state index in [0.717, 1.165) is 19.6 Å². The molecule has 0 spiro atoms. The summed E-state index contributed by atoms with van der Waals surface area (Å²) in [6, 6.07) is 22.0. The van der Waals surface area contributed by atoms with Crippen molar-refractivity contribution in [3.8, 4) is 0 Å². The van der Waals surface area contributed by atoms with Gasteiger partial charge in [0.15, 0.2) is 0 Å². The molecule has 0 radical (unpaired) electrons. The number of fused-ring (bicyclic) bond motifs is 3. The highest BCUT2D eigenvalue weighted by Crippen LogP contribution is 2.30. The summed E-state index contributed by atoms with van der Waals surface area (Å²) in [7, 11) is 0. The van der Waals surface area contributed by atoms with E-state index in [0.29, 0.717) is 6.04 Å². The summed E-state index contributed by atoms with van der Waals surface area (Å²) in [5.41, 5.74) is 4.07. The molecule has 1 atom stereocenters. The van der Waals surface area contributed by atoms with Crippen LogP contribution in [0.3, 0.4) is 0 Å². The van der Waals surface area contributed by atoms with Crippen molar-refractivity contribution in [2.45, 2.75) is 19.1 Å². The first kappa shape index (κ1) is 13.4. The Balaban J connectivity index is 1.69. The van der Waals surface area contributed by atoms with Gasteiger partial charge in [-0.25, -0.2) is 0 Å². The lowest BCUT2D eigenvalue weighted by Crippen LogP contribution is -2.35. The normalized spacial score (nSPS) is 18.3. The predicted molar refractivity (Wildman–Crippen MR) is 91.7 cm³/mol. The van der Waals surface area contributed by atoms with Crippen molar-refractivity contribution in [3.05, 3.63) is 84.6 Å². The Kier molecular flexibility index (Phi) is 3.32. The molecule has 22 heavy (non-hydrogen) atoms. The zero-order valence-corrected chi connectivity index (χ0v) is 12.7. The smallest absolute Gasteiger partial charge is 0.0644 e. The molecule has 0 saturated carbocycles. The van der Waals surface area contributed by atoms with Crippen LogP contribution in [0.15, 0.2) is 73.3 Å². The second-order valence-electron chi connectivity index (χ2n) is 6.02. The second kappa shape index (κ2) is 5.47. The van der Waals surface area contributed by atoms with Crippen LogP contribution in [0.5, 0.6) is 0 Å². The predicted octanol–water partition coefficient (Wildman–Crippen LogP) is 4.38. The molecule has 0 fully saturated rings. The van der Waals surface area contributed by atoms with Gasteiger partial charge in [0.2, 0.25) is 0 Å². The van der Waals surface area contributed by atoms with Crippen molar-refractivity contribution in [2.24, 2.45) is 0 Å². The van der Waals surface area contributed by atoms with E-state index in [4.69, 9.17) is 0 Å². The average Bonchev–Trinajstić information content (AvgIpc) is 2.93. The fraction of sp³-hybridized carbons (Fsp3) is 0.200. The second-order valence-corrected chi connectivity index (χ2v) is 6.02. The van der Waals surface area contributed by atoms with Crippen molar-refractivity contribution in [1.29, 1.82) is 0 Å². The monoisotopic (exact) mass is 288 g/mol. The molecule has 2 heterocycles. The quantitative estimate of drug-likeness (QED) is 0.649. The molecule has 0 saturated heterocycles. The minimum atomic E-state index is 0.340. The number of hydrogen-bond donors (Lipinski definition) is 0. The van der Waals surface area contributed by atoms with Gasteiger partial charge in [-0.1, -0.05) is 54.6 Å². The van der Waals surface area contributed by atoms with E-state index in [1.807, 2.05) is 0 Å². The topological polar surface area (TPSA) is 8.17 Å².